The van der Waals surface area contributed by atoms with Crippen molar-refractivity contribution in [2.24, 2.45) is 0 Å². The Morgan fingerprint density at radius 3 is 2.58 bits per heavy atom. The van der Waals surface area contributed by atoms with Gasteiger partial charge in [0, 0.05) is 6.04 Å². The third kappa shape index (κ3) is 3.04. The van der Waals surface area contributed by atoms with Gasteiger partial charge in [0.15, 0.2) is 11.6 Å². The van der Waals surface area contributed by atoms with Crippen molar-refractivity contribution in [1.29, 1.82) is 0 Å². The van der Waals surface area contributed by atoms with E-state index in [4.69, 9.17) is 4.74 Å². The SMILES string of the molecule is Cc1c(C2=CC3CCC(C2)N3C(=O)OC(C)(C)C)ccc(F)c1F. The number of carbonyl (C=O) groups is 1. The van der Waals surface area contributed by atoms with E-state index in [9.17, 15) is 13.6 Å². The summed E-state index contributed by atoms with van der Waals surface area (Å²) in [6.07, 6.45) is 4.12. The zero-order chi connectivity index (χ0) is 17.6. The second-order valence-corrected chi connectivity index (χ2v) is 7.62. The highest BCUT2D eigenvalue weighted by Crippen LogP contribution is 2.40. The Bertz CT molecular complexity index is 706. The molecule has 2 heterocycles. The van der Waals surface area contributed by atoms with Gasteiger partial charge in [-0.3, -0.25) is 4.90 Å². The zero-order valence-electron chi connectivity index (χ0n) is 14.5. The standard InChI is InChI=1S/C19H23F2NO2/c1-11-15(7-8-16(20)17(11)21)12-9-13-5-6-14(10-12)22(13)18(23)24-19(2,3)4/h7-9,13-14H,5-6,10H2,1-4H3. The fourth-order valence-corrected chi connectivity index (χ4v) is 3.63. The second kappa shape index (κ2) is 5.87. The highest BCUT2D eigenvalue weighted by molar-refractivity contribution is 5.76. The maximum atomic E-state index is 13.9. The molecule has 1 aromatic carbocycles. The van der Waals surface area contributed by atoms with Crippen LogP contribution >= 0.6 is 0 Å². The lowest BCUT2D eigenvalue weighted by atomic mass is 9.92. The Morgan fingerprint density at radius 1 is 1.25 bits per heavy atom. The van der Waals surface area contributed by atoms with Crippen LogP contribution in [0.15, 0.2) is 18.2 Å². The van der Waals surface area contributed by atoms with Gasteiger partial charge in [-0.15, -0.1) is 0 Å². The van der Waals surface area contributed by atoms with Crippen LogP contribution in [0.5, 0.6) is 0 Å². The minimum atomic E-state index is -0.828. The largest absolute Gasteiger partial charge is 0.444 e. The van der Waals surface area contributed by atoms with Crippen LogP contribution in [0.3, 0.4) is 0 Å². The van der Waals surface area contributed by atoms with Crippen LogP contribution in [-0.2, 0) is 4.74 Å². The smallest absolute Gasteiger partial charge is 0.411 e. The summed E-state index contributed by atoms with van der Waals surface area (Å²) in [6.45, 7) is 7.14. The number of carbonyl (C=O) groups excluding carboxylic acids is 1. The van der Waals surface area contributed by atoms with E-state index in [2.05, 4.69) is 0 Å². The van der Waals surface area contributed by atoms with Crippen LogP contribution in [0.4, 0.5) is 13.6 Å². The van der Waals surface area contributed by atoms with Crippen LogP contribution < -0.4 is 0 Å². The van der Waals surface area contributed by atoms with Crippen molar-refractivity contribution >= 4 is 11.7 Å². The van der Waals surface area contributed by atoms with E-state index in [-0.39, 0.29) is 18.2 Å². The number of ether oxygens (including phenoxy) is 1. The molecule has 1 saturated heterocycles. The van der Waals surface area contributed by atoms with Crippen molar-refractivity contribution in [2.45, 2.75) is 64.6 Å². The predicted octanol–water partition coefficient (Wildman–Crippen LogP) is 4.83. The predicted molar refractivity (Wildman–Crippen MR) is 88.6 cm³/mol. The van der Waals surface area contributed by atoms with Crippen molar-refractivity contribution in [3.8, 4) is 0 Å². The van der Waals surface area contributed by atoms with E-state index in [1.54, 1.807) is 17.9 Å². The topological polar surface area (TPSA) is 29.5 Å². The number of hydrogen-bond acceptors (Lipinski definition) is 2. The summed E-state index contributed by atoms with van der Waals surface area (Å²) in [6, 6.07) is 2.81. The molecule has 2 atom stereocenters. The summed E-state index contributed by atoms with van der Waals surface area (Å²) in [4.78, 5) is 14.2. The molecule has 0 aromatic heterocycles. The van der Waals surface area contributed by atoms with E-state index < -0.39 is 17.2 Å². The quantitative estimate of drug-likeness (QED) is 0.736. The van der Waals surface area contributed by atoms with E-state index in [1.165, 1.54) is 6.07 Å². The number of benzene rings is 1. The van der Waals surface area contributed by atoms with Gasteiger partial charge in [0.1, 0.15) is 5.60 Å². The van der Waals surface area contributed by atoms with E-state index in [1.807, 2.05) is 26.8 Å². The van der Waals surface area contributed by atoms with Gasteiger partial charge in [-0.05, 0) is 69.7 Å². The molecule has 5 heteroatoms. The maximum absolute atomic E-state index is 13.9. The van der Waals surface area contributed by atoms with Crippen molar-refractivity contribution < 1.29 is 18.3 Å². The average Bonchev–Trinajstić information content (AvgIpc) is 2.74. The molecule has 24 heavy (non-hydrogen) atoms. The van der Waals surface area contributed by atoms with Gasteiger partial charge >= 0.3 is 6.09 Å². The van der Waals surface area contributed by atoms with Gasteiger partial charge in [0.05, 0.1) is 6.04 Å². The fraction of sp³-hybridized carbons (Fsp3) is 0.526. The first-order chi connectivity index (χ1) is 11.2. The molecule has 3 nitrogen and oxygen atoms in total. The highest BCUT2D eigenvalue weighted by atomic mass is 19.2. The van der Waals surface area contributed by atoms with Crippen molar-refractivity contribution in [1.82, 2.24) is 4.90 Å². The number of halogens is 2. The first kappa shape index (κ1) is 16.9. The lowest BCUT2D eigenvalue weighted by Crippen LogP contribution is -2.45. The summed E-state index contributed by atoms with van der Waals surface area (Å²) in [7, 11) is 0. The lowest BCUT2D eigenvalue weighted by molar-refractivity contribution is 0.0175. The van der Waals surface area contributed by atoms with Crippen LogP contribution in [-0.4, -0.2) is 28.7 Å². The van der Waals surface area contributed by atoms with Gasteiger partial charge in [-0.25, -0.2) is 13.6 Å². The normalized spacial score (nSPS) is 23.2. The molecule has 1 aromatic rings. The van der Waals surface area contributed by atoms with Crippen LogP contribution in [0.1, 0.15) is 51.2 Å². The molecule has 2 aliphatic rings. The summed E-state index contributed by atoms with van der Waals surface area (Å²) in [5, 5.41) is 0. The zero-order valence-corrected chi connectivity index (χ0v) is 14.5. The molecule has 2 unspecified atom stereocenters. The minimum Gasteiger partial charge on any atom is -0.444 e. The van der Waals surface area contributed by atoms with Crippen molar-refractivity contribution in [3.63, 3.8) is 0 Å². The summed E-state index contributed by atoms with van der Waals surface area (Å²) in [5.74, 6) is -1.62. The number of amides is 1. The van der Waals surface area contributed by atoms with E-state index >= 15 is 0 Å². The molecule has 2 bridgehead atoms. The molecular formula is C19H23F2NO2. The molecule has 0 spiro atoms. The molecule has 0 radical (unpaired) electrons. The number of fused-ring (bicyclic) bond motifs is 2. The Hall–Kier alpha value is -1.91. The number of nitrogens with zero attached hydrogens (tertiary/aromatic N) is 1. The fourth-order valence-electron chi connectivity index (χ4n) is 3.63. The Labute approximate surface area is 141 Å². The molecule has 130 valence electrons. The van der Waals surface area contributed by atoms with Gasteiger partial charge in [-0.2, -0.15) is 0 Å². The molecule has 3 rings (SSSR count). The van der Waals surface area contributed by atoms with Gasteiger partial charge in [0.25, 0.3) is 0 Å². The second-order valence-electron chi connectivity index (χ2n) is 7.62. The van der Waals surface area contributed by atoms with Gasteiger partial charge in [0.2, 0.25) is 0 Å². The Balaban J connectivity index is 1.88. The van der Waals surface area contributed by atoms with Crippen LogP contribution in [0.2, 0.25) is 0 Å². The van der Waals surface area contributed by atoms with Crippen molar-refractivity contribution in [2.75, 3.05) is 0 Å². The minimum absolute atomic E-state index is 0.0406. The number of rotatable bonds is 1. The van der Waals surface area contributed by atoms with Gasteiger partial charge in [-0.1, -0.05) is 12.1 Å². The van der Waals surface area contributed by atoms with Crippen LogP contribution in [0, 0.1) is 18.6 Å². The maximum Gasteiger partial charge on any atom is 0.411 e. The first-order valence-electron chi connectivity index (χ1n) is 8.34. The first-order valence-corrected chi connectivity index (χ1v) is 8.34. The monoisotopic (exact) mass is 335 g/mol. The summed E-state index contributed by atoms with van der Waals surface area (Å²) in [5.41, 5.74) is 1.51. The Morgan fingerprint density at radius 2 is 1.96 bits per heavy atom. The highest BCUT2D eigenvalue weighted by Gasteiger charge is 2.41. The third-order valence-electron chi connectivity index (χ3n) is 4.68. The third-order valence-corrected chi connectivity index (χ3v) is 4.68. The van der Waals surface area contributed by atoms with Crippen molar-refractivity contribution in [3.05, 3.63) is 41.0 Å². The van der Waals surface area contributed by atoms with Gasteiger partial charge < -0.3 is 4.74 Å². The van der Waals surface area contributed by atoms with Crippen LogP contribution in [0.25, 0.3) is 5.57 Å². The Kier molecular flexibility index (Phi) is 4.14. The molecule has 0 N–H and O–H groups in total. The molecule has 0 saturated carbocycles. The molecular weight excluding hydrogens is 312 g/mol. The van der Waals surface area contributed by atoms with E-state index in [0.29, 0.717) is 12.0 Å². The summed E-state index contributed by atoms with van der Waals surface area (Å²) < 4.78 is 32.7. The lowest BCUT2D eigenvalue weighted by Gasteiger charge is -2.35. The molecule has 2 aliphatic heterocycles. The summed E-state index contributed by atoms with van der Waals surface area (Å²) >= 11 is 0. The van der Waals surface area contributed by atoms with E-state index in [0.717, 1.165) is 24.0 Å². The molecule has 1 fully saturated rings. The molecule has 1 amide bonds. The molecule has 0 aliphatic carbocycles. The number of hydrogen-bond donors (Lipinski definition) is 0. The average molecular weight is 335 g/mol.